The molecule has 0 amide bonds. The third kappa shape index (κ3) is 2.56. The molecule has 3 aromatic rings. The molecule has 2 aromatic heterocycles. The average Bonchev–Trinajstić information content (AvgIpc) is 2.87. The van der Waals surface area contributed by atoms with Crippen LogP contribution < -0.4 is 0 Å². The second-order valence-corrected chi connectivity index (χ2v) is 7.01. The van der Waals surface area contributed by atoms with Crippen molar-refractivity contribution < 1.29 is 0 Å². The van der Waals surface area contributed by atoms with E-state index in [1.54, 1.807) is 6.07 Å². The highest BCUT2D eigenvalue weighted by Crippen LogP contribution is 2.29. The molecule has 0 saturated carbocycles. The first-order chi connectivity index (χ1) is 9.04. The van der Waals surface area contributed by atoms with E-state index in [0.717, 1.165) is 20.2 Å². The molecule has 2 nitrogen and oxygen atoms in total. The summed E-state index contributed by atoms with van der Waals surface area (Å²) >= 11 is 24.9. The van der Waals surface area contributed by atoms with E-state index >= 15 is 0 Å². The van der Waals surface area contributed by atoms with Gasteiger partial charge in [-0.2, -0.15) is 0 Å². The maximum atomic E-state index is 6.06. The Morgan fingerprint density at radius 2 is 1.89 bits per heavy atom. The Hall–Kier alpha value is -0.520. The fraction of sp³-hybridized carbons (Fsp3) is 0.0833. The highest BCUT2D eigenvalue weighted by atomic mass is 35.5. The number of halogens is 3. The number of benzene rings is 1. The number of rotatable bonds is 2. The number of nitrogens with zero attached hydrogens (tertiary/aromatic N) is 1. The van der Waals surface area contributed by atoms with E-state index < -0.39 is 0 Å². The second kappa shape index (κ2) is 5.11. The maximum absolute atomic E-state index is 6.06. The Morgan fingerprint density at radius 1 is 1.16 bits per heavy atom. The van der Waals surface area contributed by atoms with Crippen molar-refractivity contribution in [2.75, 3.05) is 0 Å². The molecule has 3 rings (SSSR count). The van der Waals surface area contributed by atoms with Crippen LogP contribution in [0.15, 0.2) is 24.3 Å². The molecule has 98 valence electrons. The number of fused-ring (bicyclic) bond motifs is 1. The lowest BCUT2D eigenvalue weighted by Gasteiger charge is -2.03. The molecule has 0 fully saturated rings. The smallest absolute Gasteiger partial charge is 0.178 e. The lowest BCUT2D eigenvalue weighted by Crippen LogP contribution is -1.97. The van der Waals surface area contributed by atoms with Gasteiger partial charge >= 0.3 is 0 Å². The van der Waals surface area contributed by atoms with Crippen LogP contribution in [0, 0.1) is 4.77 Å². The molecule has 2 heterocycles. The summed E-state index contributed by atoms with van der Waals surface area (Å²) < 4.78 is 3.38. The summed E-state index contributed by atoms with van der Waals surface area (Å²) in [4.78, 5) is 4.26. The van der Waals surface area contributed by atoms with Gasteiger partial charge in [-0.3, -0.25) is 0 Å². The van der Waals surface area contributed by atoms with Crippen molar-refractivity contribution in [3.05, 3.63) is 48.3 Å². The van der Waals surface area contributed by atoms with Crippen molar-refractivity contribution in [1.82, 2.24) is 9.55 Å². The van der Waals surface area contributed by atoms with Crippen LogP contribution in [0.4, 0.5) is 0 Å². The van der Waals surface area contributed by atoms with Gasteiger partial charge in [-0.15, -0.1) is 11.3 Å². The zero-order valence-corrected chi connectivity index (χ0v) is 13.3. The Kier molecular flexibility index (Phi) is 3.62. The topological polar surface area (TPSA) is 20.7 Å². The number of H-pyrrole nitrogens is 1. The maximum Gasteiger partial charge on any atom is 0.178 e. The van der Waals surface area contributed by atoms with Gasteiger partial charge in [0, 0.05) is 4.88 Å². The van der Waals surface area contributed by atoms with Crippen molar-refractivity contribution in [3.63, 3.8) is 0 Å². The van der Waals surface area contributed by atoms with Gasteiger partial charge in [-0.1, -0.05) is 34.8 Å². The predicted octanol–water partition coefficient (Wildman–Crippen LogP) is 5.77. The van der Waals surface area contributed by atoms with Gasteiger partial charge in [0.15, 0.2) is 4.77 Å². The molecule has 1 N–H and O–H groups in total. The number of aromatic amines is 1. The second-order valence-electron chi connectivity index (χ2n) is 4.01. The first-order valence-corrected chi connectivity index (χ1v) is 7.72. The first-order valence-electron chi connectivity index (χ1n) is 5.36. The molecule has 0 atom stereocenters. The van der Waals surface area contributed by atoms with Crippen molar-refractivity contribution in [2.45, 2.75) is 6.54 Å². The van der Waals surface area contributed by atoms with Crippen LogP contribution in [0.2, 0.25) is 14.4 Å². The van der Waals surface area contributed by atoms with E-state index in [9.17, 15) is 0 Å². The molecule has 0 saturated heterocycles. The van der Waals surface area contributed by atoms with Crippen LogP contribution in [-0.4, -0.2) is 9.55 Å². The highest BCUT2D eigenvalue weighted by molar-refractivity contribution is 7.71. The Balaban J connectivity index is 2.15. The summed E-state index contributed by atoms with van der Waals surface area (Å²) in [7, 11) is 0. The van der Waals surface area contributed by atoms with Crippen molar-refractivity contribution >= 4 is 69.4 Å². The molecule has 0 aliphatic rings. The normalized spacial score (nSPS) is 11.3. The van der Waals surface area contributed by atoms with Gasteiger partial charge in [-0.25, -0.2) is 0 Å². The zero-order chi connectivity index (χ0) is 13.6. The molecule has 0 radical (unpaired) electrons. The fourth-order valence-electron chi connectivity index (χ4n) is 1.90. The van der Waals surface area contributed by atoms with Crippen LogP contribution in [0.3, 0.4) is 0 Å². The van der Waals surface area contributed by atoms with Crippen molar-refractivity contribution in [3.8, 4) is 0 Å². The summed E-state index contributed by atoms with van der Waals surface area (Å²) in [6.07, 6.45) is 0. The number of hydrogen-bond acceptors (Lipinski definition) is 2. The van der Waals surface area contributed by atoms with Gasteiger partial charge in [0.05, 0.1) is 32.0 Å². The molecule has 0 unspecified atom stereocenters. The first kappa shape index (κ1) is 13.5. The molecule has 0 aliphatic heterocycles. The van der Waals surface area contributed by atoms with Crippen LogP contribution in [-0.2, 0) is 6.54 Å². The third-order valence-corrected chi connectivity index (χ3v) is 5.02. The fourth-order valence-corrected chi connectivity index (χ4v) is 3.57. The van der Waals surface area contributed by atoms with E-state index in [2.05, 4.69) is 4.98 Å². The van der Waals surface area contributed by atoms with Crippen molar-refractivity contribution in [2.24, 2.45) is 0 Å². The molecule has 1 aromatic carbocycles. The molecular formula is C12H7Cl3N2S2. The van der Waals surface area contributed by atoms with Crippen LogP contribution in [0.5, 0.6) is 0 Å². The summed E-state index contributed by atoms with van der Waals surface area (Å²) in [5.74, 6) is 0. The minimum Gasteiger partial charge on any atom is -0.331 e. The van der Waals surface area contributed by atoms with E-state index in [4.69, 9.17) is 47.0 Å². The van der Waals surface area contributed by atoms with E-state index in [-0.39, 0.29) is 0 Å². The minimum absolute atomic E-state index is 0.511. The van der Waals surface area contributed by atoms with Crippen LogP contribution in [0.25, 0.3) is 11.0 Å². The summed E-state index contributed by atoms with van der Waals surface area (Å²) in [5.41, 5.74) is 1.81. The summed E-state index contributed by atoms with van der Waals surface area (Å²) in [6, 6.07) is 7.47. The van der Waals surface area contributed by atoms with Gasteiger partial charge in [0.2, 0.25) is 0 Å². The minimum atomic E-state index is 0.511. The van der Waals surface area contributed by atoms with Gasteiger partial charge in [0.25, 0.3) is 0 Å². The monoisotopic (exact) mass is 348 g/mol. The van der Waals surface area contributed by atoms with Crippen LogP contribution in [0.1, 0.15) is 4.88 Å². The Bertz CT molecular complexity index is 816. The largest absolute Gasteiger partial charge is 0.331 e. The lowest BCUT2D eigenvalue weighted by molar-refractivity contribution is 0.823. The Labute approximate surface area is 133 Å². The summed E-state index contributed by atoms with van der Waals surface area (Å²) in [5, 5.41) is 1.03. The van der Waals surface area contributed by atoms with E-state index in [1.165, 1.54) is 11.3 Å². The lowest BCUT2D eigenvalue weighted by atomic mass is 10.3. The molecule has 19 heavy (non-hydrogen) atoms. The Morgan fingerprint density at radius 3 is 2.58 bits per heavy atom. The molecule has 7 heteroatoms. The molecular weight excluding hydrogens is 343 g/mol. The van der Waals surface area contributed by atoms with Crippen LogP contribution >= 0.6 is 58.4 Å². The average molecular weight is 350 g/mol. The SMILES string of the molecule is S=c1[nH]c2cc(Cl)c(Cl)cc2n1Cc1ccc(Cl)s1. The number of thiophene rings is 1. The number of imidazole rings is 1. The molecule has 0 aliphatic carbocycles. The van der Waals surface area contributed by atoms with E-state index in [1.807, 2.05) is 22.8 Å². The highest BCUT2D eigenvalue weighted by Gasteiger charge is 2.09. The predicted molar refractivity (Wildman–Crippen MR) is 85.6 cm³/mol. The van der Waals surface area contributed by atoms with Gasteiger partial charge < -0.3 is 9.55 Å². The van der Waals surface area contributed by atoms with E-state index in [0.29, 0.717) is 21.4 Å². The number of nitrogens with one attached hydrogen (secondary N) is 1. The summed E-state index contributed by atoms with van der Waals surface area (Å²) in [6.45, 7) is 0.661. The third-order valence-electron chi connectivity index (χ3n) is 2.76. The molecule has 0 bridgehead atoms. The molecule has 0 spiro atoms. The standard InChI is InChI=1S/C12H7Cl3N2S2/c13-7-3-9-10(4-8(7)14)17(12(18)16-9)5-6-1-2-11(15)19-6/h1-4H,5H2,(H,16,18). The number of hydrogen-bond donors (Lipinski definition) is 1. The van der Waals surface area contributed by atoms with Gasteiger partial charge in [0.1, 0.15) is 0 Å². The van der Waals surface area contributed by atoms with Gasteiger partial charge in [-0.05, 0) is 36.5 Å². The van der Waals surface area contributed by atoms with Crippen molar-refractivity contribution in [1.29, 1.82) is 0 Å². The quantitative estimate of drug-likeness (QED) is 0.582. The zero-order valence-electron chi connectivity index (χ0n) is 9.41. The number of aromatic nitrogens is 2.